The number of carbonyl (C=O) groups is 1. The van der Waals surface area contributed by atoms with Gasteiger partial charge in [-0.15, -0.1) is 0 Å². The maximum absolute atomic E-state index is 10.7. The summed E-state index contributed by atoms with van der Waals surface area (Å²) >= 11 is 0. The average molecular weight is 277 g/mol. The fourth-order valence-electron chi connectivity index (χ4n) is 2.84. The Labute approximate surface area is 119 Å². The highest BCUT2D eigenvalue weighted by molar-refractivity contribution is 5.87. The quantitative estimate of drug-likeness (QED) is 0.861. The Kier molecular flexibility index (Phi) is 4.16. The lowest BCUT2D eigenvalue weighted by Gasteiger charge is -2.36. The SMILES string of the molecule is Cc1nn(C)c(N2CCC(C)C(C)C2)c1/C=C/C(=O)O. The van der Waals surface area contributed by atoms with Crippen LogP contribution in [-0.2, 0) is 11.8 Å². The van der Waals surface area contributed by atoms with Crippen LogP contribution in [0.3, 0.4) is 0 Å². The van der Waals surface area contributed by atoms with Gasteiger partial charge in [-0.1, -0.05) is 13.8 Å². The predicted molar refractivity (Wildman–Crippen MR) is 79.8 cm³/mol. The molecular formula is C15H23N3O2. The van der Waals surface area contributed by atoms with E-state index in [4.69, 9.17) is 5.11 Å². The lowest BCUT2D eigenvalue weighted by Crippen LogP contribution is -2.39. The highest BCUT2D eigenvalue weighted by atomic mass is 16.4. The van der Waals surface area contributed by atoms with Crippen molar-refractivity contribution in [3.8, 4) is 0 Å². The van der Waals surface area contributed by atoms with Gasteiger partial charge in [0.2, 0.25) is 0 Å². The Bertz CT molecular complexity index is 533. The minimum Gasteiger partial charge on any atom is -0.478 e. The van der Waals surface area contributed by atoms with Crippen LogP contribution in [0.25, 0.3) is 6.08 Å². The summed E-state index contributed by atoms with van der Waals surface area (Å²) in [5.74, 6) is 1.47. The molecule has 0 aliphatic carbocycles. The molecule has 2 rings (SSSR count). The number of aliphatic carboxylic acids is 1. The van der Waals surface area contributed by atoms with Crippen molar-refractivity contribution in [2.75, 3.05) is 18.0 Å². The summed E-state index contributed by atoms with van der Waals surface area (Å²) in [6.07, 6.45) is 4.00. The van der Waals surface area contributed by atoms with Gasteiger partial charge in [0, 0.05) is 31.8 Å². The van der Waals surface area contributed by atoms with Crippen molar-refractivity contribution in [1.82, 2.24) is 9.78 Å². The second-order valence-electron chi connectivity index (χ2n) is 5.81. The smallest absolute Gasteiger partial charge is 0.328 e. The number of carboxylic acids is 1. The molecule has 0 bridgehead atoms. The zero-order valence-corrected chi connectivity index (χ0v) is 12.6. The van der Waals surface area contributed by atoms with Crippen LogP contribution in [0.2, 0.25) is 0 Å². The molecule has 0 saturated carbocycles. The van der Waals surface area contributed by atoms with Gasteiger partial charge in [0.05, 0.1) is 5.69 Å². The van der Waals surface area contributed by atoms with Gasteiger partial charge in [0.1, 0.15) is 5.82 Å². The Morgan fingerprint density at radius 1 is 1.40 bits per heavy atom. The molecule has 0 aromatic carbocycles. The molecule has 1 aromatic rings. The Morgan fingerprint density at radius 2 is 2.10 bits per heavy atom. The molecule has 1 saturated heterocycles. The number of hydrogen-bond acceptors (Lipinski definition) is 3. The van der Waals surface area contributed by atoms with E-state index in [1.807, 2.05) is 18.7 Å². The Hall–Kier alpha value is -1.78. The minimum absolute atomic E-state index is 0.634. The molecule has 20 heavy (non-hydrogen) atoms. The minimum atomic E-state index is -0.931. The largest absolute Gasteiger partial charge is 0.478 e. The van der Waals surface area contributed by atoms with E-state index in [9.17, 15) is 4.79 Å². The van der Waals surface area contributed by atoms with Crippen LogP contribution in [0.4, 0.5) is 5.82 Å². The van der Waals surface area contributed by atoms with E-state index < -0.39 is 5.97 Å². The van der Waals surface area contributed by atoms with E-state index in [2.05, 4.69) is 23.8 Å². The zero-order valence-electron chi connectivity index (χ0n) is 12.6. The first-order chi connectivity index (χ1) is 9.40. The van der Waals surface area contributed by atoms with Gasteiger partial charge < -0.3 is 10.0 Å². The van der Waals surface area contributed by atoms with E-state index in [0.29, 0.717) is 5.92 Å². The van der Waals surface area contributed by atoms with Crippen molar-refractivity contribution in [1.29, 1.82) is 0 Å². The third kappa shape index (κ3) is 2.86. The van der Waals surface area contributed by atoms with Crippen molar-refractivity contribution >= 4 is 17.9 Å². The van der Waals surface area contributed by atoms with Gasteiger partial charge in [-0.3, -0.25) is 4.68 Å². The molecule has 2 unspecified atom stereocenters. The second-order valence-corrected chi connectivity index (χ2v) is 5.81. The van der Waals surface area contributed by atoms with Gasteiger partial charge in [-0.2, -0.15) is 5.10 Å². The predicted octanol–water partition coefficient (Wildman–Crippen LogP) is 2.31. The summed E-state index contributed by atoms with van der Waals surface area (Å²) in [4.78, 5) is 13.1. The van der Waals surface area contributed by atoms with E-state index in [-0.39, 0.29) is 0 Å². The molecule has 5 nitrogen and oxygen atoms in total. The van der Waals surface area contributed by atoms with Crippen LogP contribution in [-0.4, -0.2) is 33.9 Å². The van der Waals surface area contributed by atoms with Crippen molar-refractivity contribution in [2.24, 2.45) is 18.9 Å². The van der Waals surface area contributed by atoms with Gasteiger partial charge >= 0.3 is 5.97 Å². The number of rotatable bonds is 3. The monoisotopic (exact) mass is 277 g/mol. The molecule has 1 aromatic heterocycles. The number of piperidine rings is 1. The first-order valence-corrected chi connectivity index (χ1v) is 7.09. The highest BCUT2D eigenvalue weighted by Gasteiger charge is 2.26. The van der Waals surface area contributed by atoms with E-state index in [0.717, 1.165) is 42.5 Å². The molecule has 0 amide bonds. The van der Waals surface area contributed by atoms with Crippen molar-refractivity contribution in [3.05, 3.63) is 17.3 Å². The molecule has 1 fully saturated rings. The number of nitrogens with zero attached hydrogens (tertiary/aromatic N) is 3. The van der Waals surface area contributed by atoms with Crippen LogP contribution < -0.4 is 4.90 Å². The molecule has 1 aliphatic heterocycles. The lowest BCUT2D eigenvalue weighted by atomic mass is 9.88. The third-order valence-corrected chi connectivity index (χ3v) is 4.26. The number of anilines is 1. The summed E-state index contributed by atoms with van der Waals surface area (Å²) in [5.41, 5.74) is 1.78. The first kappa shape index (κ1) is 14.6. The Balaban J connectivity index is 2.33. The van der Waals surface area contributed by atoms with Crippen molar-refractivity contribution in [2.45, 2.75) is 27.2 Å². The summed E-state index contributed by atoms with van der Waals surface area (Å²) in [6.45, 7) is 8.47. The molecule has 0 radical (unpaired) electrons. The zero-order chi connectivity index (χ0) is 14.9. The van der Waals surface area contributed by atoms with Gasteiger partial charge in [0.25, 0.3) is 0 Å². The molecule has 5 heteroatoms. The van der Waals surface area contributed by atoms with Crippen molar-refractivity contribution in [3.63, 3.8) is 0 Å². The fourth-order valence-corrected chi connectivity index (χ4v) is 2.84. The van der Waals surface area contributed by atoms with Gasteiger partial charge in [-0.25, -0.2) is 4.79 Å². The number of carboxylic acid groups (broad SMARTS) is 1. The second kappa shape index (κ2) is 5.69. The van der Waals surface area contributed by atoms with Gasteiger partial charge in [-0.05, 0) is 31.3 Å². The van der Waals surface area contributed by atoms with Crippen LogP contribution >= 0.6 is 0 Å². The molecule has 1 N–H and O–H groups in total. The maximum Gasteiger partial charge on any atom is 0.328 e. The molecule has 2 atom stereocenters. The number of aromatic nitrogens is 2. The molecule has 110 valence electrons. The van der Waals surface area contributed by atoms with E-state index >= 15 is 0 Å². The maximum atomic E-state index is 10.7. The highest BCUT2D eigenvalue weighted by Crippen LogP contribution is 2.31. The van der Waals surface area contributed by atoms with Crippen LogP contribution in [0.15, 0.2) is 6.08 Å². The summed E-state index contributed by atoms with van der Waals surface area (Å²) in [5, 5.41) is 13.3. The average Bonchev–Trinajstić information content (AvgIpc) is 2.65. The molecule has 1 aliphatic rings. The molecular weight excluding hydrogens is 254 g/mol. The first-order valence-electron chi connectivity index (χ1n) is 7.09. The number of aryl methyl sites for hydroxylation is 2. The summed E-state index contributed by atoms with van der Waals surface area (Å²) in [6, 6.07) is 0. The van der Waals surface area contributed by atoms with Crippen LogP contribution in [0.1, 0.15) is 31.5 Å². The normalized spacial score (nSPS) is 23.5. The third-order valence-electron chi connectivity index (χ3n) is 4.26. The van der Waals surface area contributed by atoms with Crippen LogP contribution in [0.5, 0.6) is 0 Å². The van der Waals surface area contributed by atoms with E-state index in [1.54, 1.807) is 6.08 Å². The molecule has 2 heterocycles. The van der Waals surface area contributed by atoms with E-state index in [1.165, 1.54) is 6.08 Å². The summed E-state index contributed by atoms with van der Waals surface area (Å²) in [7, 11) is 1.92. The lowest BCUT2D eigenvalue weighted by molar-refractivity contribution is -0.131. The van der Waals surface area contributed by atoms with Gasteiger partial charge in [0.15, 0.2) is 0 Å². The topological polar surface area (TPSA) is 58.4 Å². The Morgan fingerprint density at radius 3 is 2.70 bits per heavy atom. The fraction of sp³-hybridized carbons (Fsp3) is 0.600. The van der Waals surface area contributed by atoms with Crippen LogP contribution in [0, 0.1) is 18.8 Å². The number of hydrogen-bond donors (Lipinski definition) is 1. The van der Waals surface area contributed by atoms with Crippen molar-refractivity contribution < 1.29 is 9.90 Å². The summed E-state index contributed by atoms with van der Waals surface area (Å²) < 4.78 is 1.86. The molecule has 0 spiro atoms. The standard InChI is InChI=1S/C15H23N3O2/c1-10-7-8-18(9-11(10)2)15-13(5-6-14(19)20)12(3)16-17(15)4/h5-6,10-11H,7-9H2,1-4H3,(H,19,20)/b6-5+.